The van der Waals surface area contributed by atoms with Crippen LogP contribution in [-0.2, 0) is 11.2 Å². The molecule has 2 aromatic rings. The molecule has 2 aromatic carbocycles. The van der Waals surface area contributed by atoms with Crippen molar-refractivity contribution in [1.29, 1.82) is 0 Å². The number of carbonyl (C=O) groups is 1. The van der Waals surface area contributed by atoms with Gasteiger partial charge in [-0.05, 0) is 53.0 Å². The fourth-order valence-corrected chi connectivity index (χ4v) is 2.19. The molecule has 2 rings (SSSR count). The van der Waals surface area contributed by atoms with E-state index < -0.39 is 0 Å². The Morgan fingerprint density at radius 2 is 1.90 bits per heavy atom. The van der Waals surface area contributed by atoms with Crippen molar-refractivity contribution in [1.82, 2.24) is 0 Å². The molecule has 4 heteroatoms. The maximum atomic E-state index is 13.1. The van der Waals surface area contributed by atoms with Gasteiger partial charge in [0, 0.05) is 12.1 Å². The van der Waals surface area contributed by atoms with Crippen LogP contribution in [0, 0.1) is 12.7 Å². The quantitative estimate of drug-likeness (QED) is 0.877. The lowest BCUT2D eigenvalue weighted by Crippen LogP contribution is -2.12. The Bertz CT molecular complexity index is 610. The second kappa shape index (κ2) is 6.66. The van der Waals surface area contributed by atoms with Crippen LogP contribution in [0.25, 0.3) is 0 Å². The Hall–Kier alpha value is -1.68. The van der Waals surface area contributed by atoms with E-state index in [1.807, 2.05) is 31.2 Å². The van der Waals surface area contributed by atoms with E-state index in [1.165, 1.54) is 11.6 Å². The third kappa shape index (κ3) is 4.17. The number of rotatable bonds is 4. The third-order valence-electron chi connectivity index (χ3n) is 2.96. The Kier molecular flexibility index (Phi) is 4.90. The molecule has 1 N–H and O–H groups in total. The number of benzene rings is 2. The molecule has 1 amide bonds. The Balaban J connectivity index is 1.89. The van der Waals surface area contributed by atoms with Gasteiger partial charge in [-0.2, -0.15) is 0 Å². The average Bonchev–Trinajstić information content (AvgIpc) is 2.42. The first-order valence-electron chi connectivity index (χ1n) is 6.35. The molecule has 0 spiro atoms. The van der Waals surface area contributed by atoms with Gasteiger partial charge in [0.2, 0.25) is 5.91 Å². The highest BCUT2D eigenvalue weighted by Crippen LogP contribution is 2.20. The molecule has 0 unspecified atom stereocenters. The van der Waals surface area contributed by atoms with Gasteiger partial charge in [0.1, 0.15) is 5.82 Å². The minimum Gasteiger partial charge on any atom is -0.326 e. The topological polar surface area (TPSA) is 29.1 Å². The second-order valence-corrected chi connectivity index (χ2v) is 5.52. The van der Waals surface area contributed by atoms with Gasteiger partial charge in [0.15, 0.2) is 0 Å². The van der Waals surface area contributed by atoms with Crippen molar-refractivity contribution in [2.45, 2.75) is 19.8 Å². The molecule has 0 radical (unpaired) electrons. The maximum absolute atomic E-state index is 13.1. The van der Waals surface area contributed by atoms with Crippen LogP contribution in [0.2, 0.25) is 0 Å². The van der Waals surface area contributed by atoms with Gasteiger partial charge in [-0.25, -0.2) is 4.39 Å². The van der Waals surface area contributed by atoms with Crippen molar-refractivity contribution < 1.29 is 9.18 Å². The standard InChI is InChI=1S/C16H15BrFNO/c1-11-2-4-12(5-3-11)6-9-16(20)19-13-7-8-15(18)14(17)10-13/h2-5,7-8,10H,6,9H2,1H3,(H,19,20). The van der Waals surface area contributed by atoms with Crippen LogP contribution in [0.1, 0.15) is 17.5 Å². The molecule has 0 saturated carbocycles. The van der Waals surface area contributed by atoms with E-state index >= 15 is 0 Å². The SMILES string of the molecule is Cc1ccc(CCC(=O)Nc2ccc(F)c(Br)c2)cc1. The number of nitrogens with one attached hydrogen (secondary N) is 1. The summed E-state index contributed by atoms with van der Waals surface area (Å²) in [5, 5.41) is 2.76. The molecular formula is C16H15BrFNO. The normalized spacial score (nSPS) is 10.3. The maximum Gasteiger partial charge on any atom is 0.224 e. The summed E-state index contributed by atoms with van der Waals surface area (Å²) in [6.45, 7) is 2.03. The van der Waals surface area contributed by atoms with Gasteiger partial charge in [0.05, 0.1) is 4.47 Å². The van der Waals surface area contributed by atoms with E-state index in [1.54, 1.807) is 12.1 Å². The first-order chi connectivity index (χ1) is 9.54. The third-order valence-corrected chi connectivity index (χ3v) is 3.57. The lowest BCUT2D eigenvalue weighted by atomic mass is 10.1. The van der Waals surface area contributed by atoms with Crippen molar-refractivity contribution >= 4 is 27.5 Å². The number of hydrogen-bond acceptors (Lipinski definition) is 1. The number of hydrogen-bond donors (Lipinski definition) is 1. The summed E-state index contributed by atoms with van der Waals surface area (Å²) in [5.74, 6) is -0.424. The summed E-state index contributed by atoms with van der Waals surface area (Å²) in [4.78, 5) is 11.8. The minimum absolute atomic E-state index is 0.0796. The van der Waals surface area contributed by atoms with Crippen LogP contribution in [0.4, 0.5) is 10.1 Å². The highest BCUT2D eigenvalue weighted by Gasteiger charge is 2.05. The minimum atomic E-state index is -0.345. The van der Waals surface area contributed by atoms with Gasteiger partial charge >= 0.3 is 0 Å². The van der Waals surface area contributed by atoms with Gasteiger partial charge in [-0.15, -0.1) is 0 Å². The second-order valence-electron chi connectivity index (χ2n) is 4.66. The monoisotopic (exact) mass is 335 g/mol. The summed E-state index contributed by atoms with van der Waals surface area (Å²) in [6.07, 6.45) is 1.09. The number of carbonyl (C=O) groups excluding carboxylic acids is 1. The summed E-state index contributed by atoms with van der Waals surface area (Å²) < 4.78 is 13.4. The summed E-state index contributed by atoms with van der Waals surface area (Å²) in [5.41, 5.74) is 2.92. The summed E-state index contributed by atoms with van der Waals surface area (Å²) in [6, 6.07) is 12.5. The first kappa shape index (κ1) is 14.7. The first-order valence-corrected chi connectivity index (χ1v) is 7.14. The molecule has 0 aliphatic carbocycles. The fourth-order valence-electron chi connectivity index (χ4n) is 1.81. The van der Waals surface area contributed by atoms with Crippen molar-refractivity contribution in [2.24, 2.45) is 0 Å². The van der Waals surface area contributed by atoms with Crippen LogP contribution < -0.4 is 5.32 Å². The molecule has 0 bridgehead atoms. The van der Waals surface area contributed by atoms with Crippen molar-refractivity contribution in [3.63, 3.8) is 0 Å². The van der Waals surface area contributed by atoms with Crippen LogP contribution in [0.3, 0.4) is 0 Å². The number of aryl methyl sites for hydroxylation is 2. The molecule has 0 saturated heterocycles. The molecule has 2 nitrogen and oxygen atoms in total. The van der Waals surface area contributed by atoms with E-state index in [2.05, 4.69) is 21.2 Å². The predicted octanol–water partition coefficient (Wildman–Crippen LogP) is 4.47. The molecule has 0 fully saturated rings. The van der Waals surface area contributed by atoms with Gasteiger partial charge in [0.25, 0.3) is 0 Å². The molecule has 0 aromatic heterocycles. The summed E-state index contributed by atoms with van der Waals surface area (Å²) in [7, 11) is 0. The Morgan fingerprint density at radius 1 is 1.20 bits per heavy atom. The van der Waals surface area contributed by atoms with E-state index in [-0.39, 0.29) is 11.7 Å². The summed E-state index contributed by atoms with van der Waals surface area (Å²) >= 11 is 3.09. The zero-order valence-electron chi connectivity index (χ0n) is 11.1. The van der Waals surface area contributed by atoms with Gasteiger partial charge in [-0.1, -0.05) is 29.8 Å². The van der Waals surface area contributed by atoms with E-state index in [9.17, 15) is 9.18 Å². The Labute approximate surface area is 126 Å². The smallest absolute Gasteiger partial charge is 0.224 e. The molecule has 0 aliphatic rings. The van der Waals surface area contributed by atoms with Crippen LogP contribution >= 0.6 is 15.9 Å². The largest absolute Gasteiger partial charge is 0.326 e. The van der Waals surface area contributed by atoms with Crippen LogP contribution in [0.15, 0.2) is 46.9 Å². The van der Waals surface area contributed by atoms with Gasteiger partial charge in [-0.3, -0.25) is 4.79 Å². The van der Waals surface area contributed by atoms with Crippen molar-refractivity contribution in [3.8, 4) is 0 Å². The molecule has 0 aliphatic heterocycles. The molecule has 20 heavy (non-hydrogen) atoms. The average molecular weight is 336 g/mol. The van der Waals surface area contributed by atoms with Gasteiger partial charge < -0.3 is 5.32 Å². The van der Waals surface area contributed by atoms with E-state index in [4.69, 9.17) is 0 Å². The molecule has 104 valence electrons. The van der Waals surface area contributed by atoms with E-state index in [0.29, 0.717) is 23.0 Å². The molecule has 0 atom stereocenters. The predicted molar refractivity (Wildman–Crippen MR) is 82.2 cm³/mol. The van der Waals surface area contributed by atoms with Crippen LogP contribution in [0.5, 0.6) is 0 Å². The number of anilines is 1. The lowest BCUT2D eigenvalue weighted by Gasteiger charge is -2.06. The number of halogens is 2. The van der Waals surface area contributed by atoms with E-state index in [0.717, 1.165) is 5.56 Å². The van der Waals surface area contributed by atoms with Crippen LogP contribution in [-0.4, -0.2) is 5.91 Å². The van der Waals surface area contributed by atoms with Crippen molar-refractivity contribution in [2.75, 3.05) is 5.32 Å². The molecule has 0 heterocycles. The fraction of sp³-hybridized carbons (Fsp3) is 0.188. The molecular weight excluding hydrogens is 321 g/mol. The highest BCUT2D eigenvalue weighted by atomic mass is 79.9. The Morgan fingerprint density at radius 3 is 2.55 bits per heavy atom. The van der Waals surface area contributed by atoms with Crippen molar-refractivity contribution in [3.05, 3.63) is 63.9 Å². The highest BCUT2D eigenvalue weighted by molar-refractivity contribution is 9.10. The zero-order valence-corrected chi connectivity index (χ0v) is 12.7. The zero-order chi connectivity index (χ0) is 14.5. The number of amides is 1. The lowest BCUT2D eigenvalue weighted by molar-refractivity contribution is -0.116.